The van der Waals surface area contributed by atoms with Gasteiger partial charge >= 0.3 is 0 Å². The maximum Gasteiger partial charge on any atom is 0.171 e. The van der Waals surface area contributed by atoms with Crippen LogP contribution in [0.5, 0.6) is 5.75 Å². The summed E-state index contributed by atoms with van der Waals surface area (Å²) < 4.78 is 0. The van der Waals surface area contributed by atoms with Gasteiger partial charge in [0.25, 0.3) is 0 Å². The Hall–Kier alpha value is -1.02. The van der Waals surface area contributed by atoms with Crippen LogP contribution in [0.4, 0.5) is 0 Å². The third kappa shape index (κ3) is 1.30. The van der Waals surface area contributed by atoms with Gasteiger partial charge in [-0.25, -0.2) is 5.26 Å². The van der Waals surface area contributed by atoms with Crippen LogP contribution in [0.1, 0.15) is 22.3 Å². The average Bonchev–Trinajstić information content (AvgIpc) is 2.02. The molecule has 1 N–H and O–H groups in total. The molecule has 0 aromatic heterocycles. The van der Waals surface area contributed by atoms with Crippen molar-refractivity contribution in [1.29, 1.82) is 0 Å². The molecule has 0 atom stereocenters. The third-order valence-corrected chi connectivity index (χ3v) is 2.39. The summed E-state index contributed by atoms with van der Waals surface area (Å²) in [4.78, 5) is 4.34. The normalized spacial score (nSPS) is 10.1. The van der Waals surface area contributed by atoms with E-state index in [-0.39, 0.29) is 0 Å². The largest absolute Gasteiger partial charge is 0.340 e. The molecule has 0 aliphatic rings. The van der Waals surface area contributed by atoms with Crippen LogP contribution in [0.15, 0.2) is 6.07 Å². The van der Waals surface area contributed by atoms with E-state index in [2.05, 4.69) is 11.0 Å². The number of rotatable bonds is 1. The fourth-order valence-electron chi connectivity index (χ4n) is 1.32. The Morgan fingerprint density at radius 3 is 1.75 bits per heavy atom. The Labute approximate surface area is 72.7 Å². The van der Waals surface area contributed by atoms with E-state index in [1.54, 1.807) is 0 Å². The zero-order chi connectivity index (χ0) is 9.30. The van der Waals surface area contributed by atoms with E-state index in [0.717, 1.165) is 22.3 Å². The molecule has 1 aromatic rings. The predicted molar refractivity (Wildman–Crippen MR) is 48.6 cm³/mol. The molecular weight excluding hydrogens is 152 g/mol. The van der Waals surface area contributed by atoms with Crippen molar-refractivity contribution in [3.63, 3.8) is 0 Å². The Morgan fingerprint density at radius 2 is 1.42 bits per heavy atom. The lowest BCUT2D eigenvalue weighted by Crippen LogP contribution is -1.96. The van der Waals surface area contributed by atoms with Crippen LogP contribution in [0, 0.1) is 27.7 Å². The second-order valence-corrected chi connectivity index (χ2v) is 3.18. The maximum absolute atomic E-state index is 8.65. The molecule has 2 heteroatoms. The molecule has 1 rings (SSSR count). The highest BCUT2D eigenvalue weighted by Crippen LogP contribution is 2.27. The van der Waals surface area contributed by atoms with E-state index in [9.17, 15) is 0 Å². The Morgan fingerprint density at radius 1 is 1.00 bits per heavy atom. The number of benzene rings is 1. The lowest BCUT2D eigenvalue weighted by Gasteiger charge is -2.11. The first-order valence-electron chi connectivity index (χ1n) is 3.96. The minimum Gasteiger partial charge on any atom is -0.340 e. The first kappa shape index (κ1) is 9.07. The van der Waals surface area contributed by atoms with Gasteiger partial charge in [-0.15, -0.1) is 0 Å². The van der Waals surface area contributed by atoms with Crippen LogP contribution in [-0.2, 0) is 0 Å². The highest BCUT2D eigenvalue weighted by atomic mass is 17.1. The number of hydrogen-bond donors (Lipinski definition) is 1. The summed E-state index contributed by atoms with van der Waals surface area (Å²) in [5.74, 6) is 0.590. The van der Waals surface area contributed by atoms with Gasteiger partial charge in [-0.2, -0.15) is 0 Å². The summed E-state index contributed by atoms with van der Waals surface area (Å²) in [7, 11) is 0. The molecule has 0 unspecified atom stereocenters. The topological polar surface area (TPSA) is 29.5 Å². The van der Waals surface area contributed by atoms with Gasteiger partial charge in [0.15, 0.2) is 5.75 Å². The molecule has 0 spiro atoms. The first-order chi connectivity index (χ1) is 5.57. The van der Waals surface area contributed by atoms with E-state index >= 15 is 0 Å². The fraction of sp³-hybridized carbons (Fsp3) is 0.400. The lowest BCUT2D eigenvalue weighted by atomic mass is 10.0. The van der Waals surface area contributed by atoms with Crippen LogP contribution >= 0.6 is 0 Å². The van der Waals surface area contributed by atoms with Crippen LogP contribution in [0.3, 0.4) is 0 Å². The monoisotopic (exact) mass is 166 g/mol. The quantitative estimate of drug-likeness (QED) is 0.513. The zero-order valence-electron chi connectivity index (χ0n) is 7.93. The standard InChI is InChI=1S/C10H14O2/c1-6-5-7(2)9(4)10(12-11)8(6)3/h5,11H,1-4H3. The number of hydrogen-bond acceptors (Lipinski definition) is 2. The zero-order valence-corrected chi connectivity index (χ0v) is 7.93. The Balaban J connectivity index is 3.42. The summed E-state index contributed by atoms with van der Waals surface area (Å²) in [5, 5.41) is 8.65. The van der Waals surface area contributed by atoms with Crippen molar-refractivity contribution in [2.75, 3.05) is 0 Å². The molecule has 2 nitrogen and oxygen atoms in total. The van der Waals surface area contributed by atoms with Crippen molar-refractivity contribution in [3.05, 3.63) is 28.3 Å². The summed E-state index contributed by atoms with van der Waals surface area (Å²) in [5.41, 5.74) is 4.28. The van der Waals surface area contributed by atoms with E-state index in [4.69, 9.17) is 5.26 Å². The molecule has 0 heterocycles. The smallest absolute Gasteiger partial charge is 0.171 e. The van der Waals surface area contributed by atoms with Crippen molar-refractivity contribution in [2.24, 2.45) is 0 Å². The third-order valence-electron chi connectivity index (χ3n) is 2.39. The van der Waals surface area contributed by atoms with Crippen molar-refractivity contribution >= 4 is 0 Å². The van der Waals surface area contributed by atoms with E-state index in [1.165, 1.54) is 0 Å². The Bertz CT molecular complexity index is 277. The fourth-order valence-corrected chi connectivity index (χ4v) is 1.32. The van der Waals surface area contributed by atoms with E-state index < -0.39 is 0 Å². The van der Waals surface area contributed by atoms with Gasteiger partial charge in [-0.3, -0.25) is 0 Å². The Kier molecular flexibility index (Phi) is 2.38. The highest BCUT2D eigenvalue weighted by Gasteiger charge is 2.08. The van der Waals surface area contributed by atoms with Gasteiger partial charge in [0.05, 0.1) is 0 Å². The highest BCUT2D eigenvalue weighted by molar-refractivity contribution is 5.48. The van der Waals surface area contributed by atoms with Crippen LogP contribution in [0.2, 0.25) is 0 Å². The number of aryl methyl sites for hydroxylation is 2. The minimum absolute atomic E-state index is 0.590. The molecule has 0 bridgehead atoms. The summed E-state index contributed by atoms with van der Waals surface area (Å²) in [6.45, 7) is 7.88. The van der Waals surface area contributed by atoms with E-state index in [0.29, 0.717) is 5.75 Å². The average molecular weight is 166 g/mol. The predicted octanol–water partition coefficient (Wildman–Crippen LogP) is 2.77. The molecule has 0 aliphatic carbocycles. The molecule has 12 heavy (non-hydrogen) atoms. The van der Waals surface area contributed by atoms with E-state index in [1.807, 2.05) is 27.7 Å². The molecule has 1 aromatic carbocycles. The molecule has 0 radical (unpaired) electrons. The second-order valence-electron chi connectivity index (χ2n) is 3.18. The molecule has 0 fully saturated rings. The van der Waals surface area contributed by atoms with Crippen LogP contribution in [-0.4, -0.2) is 5.26 Å². The van der Waals surface area contributed by atoms with Crippen LogP contribution < -0.4 is 4.89 Å². The van der Waals surface area contributed by atoms with Gasteiger partial charge in [0.1, 0.15) is 0 Å². The van der Waals surface area contributed by atoms with Crippen molar-refractivity contribution in [1.82, 2.24) is 0 Å². The molecule has 0 saturated heterocycles. The second kappa shape index (κ2) is 3.15. The van der Waals surface area contributed by atoms with Crippen molar-refractivity contribution < 1.29 is 10.1 Å². The lowest BCUT2D eigenvalue weighted by molar-refractivity contribution is -0.138. The van der Waals surface area contributed by atoms with Crippen molar-refractivity contribution in [3.8, 4) is 5.75 Å². The van der Waals surface area contributed by atoms with Gasteiger partial charge in [-0.1, -0.05) is 6.07 Å². The van der Waals surface area contributed by atoms with Gasteiger partial charge < -0.3 is 4.89 Å². The minimum atomic E-state index is 0.590. The SMILES string of the molecule is Cc1cc(C)c(C)c(OO)c1C. The summed E-state index contributed by atoms with van der Waals surface area (Å²) >= 11 is 0. The first-order valence-corrected chi connectivity index (χ1v) is 3.96. The van der Waals surface area contributed by atoms with Crippen molar-refractivity contribution in [2.45, 2.75) is 27.7 Å². The van der Waals surface area contributed by atoms with Gasteiger partial charge in [-0.05, 0) is 49.9 Å². The molecular formula is C10H14O2. The van der Waals surface area contributed by atoms with Crippen LogP contribution in [0.25, 0.3) is 0 Å². The summed E-state index contributed by atoms with van der Waals surface area (Å²) in [6.07, 6.45) is 0. The summed E-state index contributed by atoms with van der Waals surface area (Å²) in [6, 6.07) is 2.09. The van der Waals surface area contributed by atoms with Gasteiger partial charge in [0.2, 0.25) is 0 Å². The molecule has 66 valence electrons. The molecule has 0 aliphatic heterocycles. The molecule has 0 amide bonds. The van der Waals surface area contributed by atoms with Gasteiger partial charge in [0, 0.05) is 0 Å². The maximum atomic E-state index is 8.65. The molecule has 0 saturated carbocycles.